The molecule has 1 unspecified atom stereocenters. The van der Waals surface area contributed by atoms with Crippen LogP contribution in [0.25, 0.3) is 0 Å². The molecule has 0 saturated carbocycles. The highest BCUT2D eigenvalue weighted by atomic mass is 16.7. The van der Waals surface area contributed by atoms with Gasteiger partial charge in [0, 0.05) is 5.41 Å². The molecular weight excluding hydrogens is 460 g/mol. The van der Waals surface area contributed by atoms with Crippen LogP contribution < -0.4 is 4.74 Å². The lowest BCUT2D eigenvalue weighted by Crippen LogP contribution is -2.29. The number of aryl methyl sites for hydroxylation is 2. The summed E-state index contributed by atoms with van der Waals surface area (Å²) in [5.41, 5.74) is 5.83. The van der Waals surface area contributed by atoms with Gasteiger partial charge >= 0.3 is 0 Å². The molecule has 37 heavy (non-hydrogen) atoms. The van der Waals surface area contributed by atoms with E-state index < -0.39 is 11.4 Å². The summed E-state index contributed by atoms with van der Waals surface area (Å²) in [5, 5.41) is 10.9. The fourth-order valence-corrected chi connectivity index (χ4v) is 6.11. The molecule has 206 valence electrons. The van der Waals surface area contributed by atoms with Crippen LogP contribution >= 0.6 is 0 Å². The van der Waals surface area contributed by atoms with Crippen LogP contribution in [0.2, 0.25) is 0 Å². The summed E-state index contributed by atoms with van der Waals surface area (Å²) in [6.07, 6.45) is 4.37. The van der Waals surface area contributed by atoms with Crippen LogP contribution in [0.5, 0.6) is 5.75 Å². The predicted octanol–water partition coefficient (Wildman–Crippen LogP) is 7.98. The predicted molar refractivity (Wildman–Crippen MR) is 153 cm³/mol. The first kappa shape index (κ1) is 29.7. The number of hydrogen-bond donors (Lipinski definition) is 1. The Morgan fingerprint density at radius 2 is 1.54 bits per heavy atom. The smallest absolute Gasteiger partial charge is 0.163 e. The summed E-state index contributed by atoms with van der Waals surface area (Å²) >= 11 is 0. The maximum absolute atomic E-state index is 10.9. The number of hydrogen-bond acceptors (Lipinski definition) is 4. The summed E-state index contributed by atoms with van der Waals surface area (Å²) in [6.45, 7) is 20.3. The molecule has 1 N–H and O–H groups in total. The Kier molecular flexibility index (Phi) is 9.53. The number of aliphatic hydroxyl groups is 1. The van der Waals surface area contributed by atoms with E-state index in [2.05, 4.69) is 84.9 Å². The monoisotopic (exact) mass is 510 g/mol. The van der Waals surface area contributed by atoms with Gasteiger partial charge < -0.3 is 19.3 Å². The van der Waals surface area contributed by atoms with Gasteiger partial charge in [-0.2, -0.15) is 0 Å². The Morgan fingerprint density at radius 3 is 2.03 bits per heavy atom. The molecule has 0 aromatic heterocycles. The Morgan fingerprint density at radius 1 is 0.946 bits per heavy atom. The zero-order valence-corrected chi connectivity index (χ0v) is 24.7. The Bertz CT molecular complexity index is 1030. The second kappa shape index (κ2) is 11.9. The summed E-state index contributed by atoms with van der Waals surface area (Å²) in [5.74, 6) is 0.681. The van der Waals surface area contributed by atoms with Gasteiger partial charge in [0.05, 0.1) is 12.2 Å². The van der Waals surface area contributed by atoms with E-state index in [0.717, 1.165) is 43.4 Å². The van der Waals surface area contributed by atoms with Gasteiger partial charge in [0.15, 0.2) is 5.79 Å². The highest BCUT2D eigenvalue weighted by Crippen LogP contribution is 2.42. The third-order valence-corrected chi connectivity index (χ3v) is 8.78. The van der Waals surface area contributed by atoms with E-state index >= 15 is 0 Å². The lowest BCUT2D eigenvalue weighted by atomic mass is 9.69. The second-order valence-corrected chi connectivity index (χ2v) is 11.6. The van der Waals surface area contributed by atoms with E-state index in [-0.39, 0.29) is 11.5 Å². The molecule has 1 fully saturated rings. The van der Waals surface area contributed by atoms with Crippen molar-refractivity contribution in [1.82, 2.24) is 0 Å². The molecule has 1 aliphatic rings. The molecule has 1 heterocycles. The van der Waals surface area contributed by atoms with E-state index in [9.17, 15) is 5.11 Å². The standard InChI is InChI=1S/C33H50O4/c1-10-32(34,11-2)20-25(7)29-16-14-26(18-23(29)5)33(12-3,13-4)27-15-17-30(24(6)19-27)35-21-28-22-36-31(8,9)37-28/h14-19,25,28,34H,10-13,20-22H2,1-9H3/t25?,28-/m1/s1. The van der Waals surface area contributed by atoms with Gasteiger partial charge in [-0.3, -0.25) is 0 Å². The van der Waals surface area contributed by atoms with Crippen LogP contribution in [-0.2, 0) is 14.9 Å². The maximum Gasteiger partial charge on any atom is 0.163 e. The Hall–Kier alpha value is -1.88. The van der Waals surface area contributed by atoms with Gasteiger partial charge in [-0.1, -0.05) is 65.0 Å². The molecule has 0 radical (unpaired) electrons. The molecule has 2 atom stereocenters. The maximum atomic E-state index is 10.9. The van der Waals surface area contributed by atoms with Gasteiger partial charge in [-0.25, -0.2) is 0 Å². The summed E-state index contributed by atoms with van der Waals surface area (Å²) in [4.78, 5) is 0. The van der Waals surface area contributed by atoms with E-state index in [4.69, 9.17) is 14.2 Å². The van der Waals surface area contributed by atoms with Crippen LogP contribution in [0.3, 0.4) is 0 Å². The Labute approximate surface area is 225 Å². The van der Waals surface area contributed by atoms with Gasteiger partial charge in [-0.15, -0.1) is 0 Å². The lowest BCUT2D eigenvalue weighted by Gasteiger charge is -2.35. The molecule has 4 heteroatoms. The first-order valence-corrected chi connectivity index (χ1v) is 14.3. The van der Waals surface area contributed by atoms with Crippen molar-refractivity contribution in [2.24, 2.45) is 0 Å². The van der Waals surface area contributed by atoms with Crippen molar-refractivity contribution in [3.05, 3.63) is 64.2 Å². The molecule has 2 aromatic rings. The zero-order valence-electron chi connectivity index (χ0n) is 24.7. The van der Waals surface area contributed by atoms with E-state index in [1.807, 2.05) is 13.8 Å². The van der Waals surface area contributed by atoms with E-state index in [1.54, 1.807) is 0 Å². The van der Waals surface area contributed by atoms with Crippen LogP contribution in [0.1, 0.15) is 114 Å². The summed E-state index contributed by atoms with van der Waals surface area (Å²) < 4.78 is 17.7. The second-order valence-electron chi connectivity index (χ2n) is 11.6. The molecule has 0 amide bonds. The quantitative estimate of drug-likeness (QED) is 0.314. The number of rotatable bonds is 12. The molecular formula is C33H50O4. The van der Waals surface area contributed by atoms with Crippen LogP contribution in [0.15, 0.2) is 36.4 Å². The summed E-state index contributed by atoms with van der Waals surface area (Å²) in [6, 6.07) is 13.7. The average Bonchev–Trinajstić information content (AvgIpc) is 3.22. The highest BCUT2D eigenvalue weighted by molar-refractivity contribution is 5.47. The van der Waals surface area contributed by atoms with Crippen molar-refractivity contribution in [1.29, 1.82) is 0 Å². The topological polar surface area (TPSA) is 47.9 Å². The van der Waals surface area contributed by atoms with Crippen molar-refractivity contribution in [2.75, 3.05) is 13.2 Å². The third-order valence-electron chi connectivity index (χ3n) is 8.78. The van der Waals surface area contributed by atoms with Gasteiger partial charge in [0.25, 0.3) is 0 Å². The molecule has 0 bridgehead atoms. The Balaban J connectivity index is 1.83. The summed E-state index contributed by atoms with van der Waals surface area (Å²) in [7, 11) is 0. The fraction of sp³-hybridized carbons (Fsp3) is 0.636. The van der Waals surface area contributed by atoms with Crippen molar-refractivity contribution >= 4 is 0 Å². The zero-order chi connectivity index (χ0) is 27.4. The molecule has 0 aliphatic carbocycles. The van der Waals surface area contributed by atoms with Crippen LogP contribution in [0.4, 0.5) is 0 Å². The minimum absolute atomic E-state index is 0.0472. The van der Waals surface area contributed by atoms with Gasteiger partial charge in [0.1, 0.15) is 18.5 Å². The van der Waals surface area contributed by atoms with E-state index in [1.165, 1.54) is 22.3 Å². The van der Waals surface area contributed by atoms with Crippen molar-refractivity contribution < 1.29 is 19.3 Å². The molecule has 1 saturated heterocycles. The first-order valence-electron chi connectivity index (χ1n) is 14.3. The van der Waals surface area contributed by atoms with Gasteiger partial charge in [0.2, 0.25) is 0 Å². The lowest BCUT2D eigenvalue weighted by molar-refractivity contribution is -0.141. The van der Waals surface area contributed by atoms with E-state index in [0.29, 0.717) is 19.1 Å². The van der Waals surface area contributed by atoms with Crippen molar-refractivity contribution in [3.63, 3.8) is 0 Å². The molecule has 2 aromatic carbocycles. The minimum atomic E-state index is -0.588. The average molecular weight is 511 g/mol. The normalized spacial score (nSPS) is 18.7. The number of benzene rings is 2. The SMILES string of the molecule is CCC(O)(CC)CC(C)c1ccc(C(CC)(CC)c2ccc(OC[C@@H]3COC(C)(C)O3)c(C)c2)cc1C. The number of ether oxygens (including phenoxy) is 3. The van der Waals surface area contributed by atoms with Gasteiger partial charge in [-0.05, 0) is 99.6 Å². The van der Waals surface area contributed by atoms with Crippen molar-refractivity contribution in [2.45, 2.75) is 123 Å². The molecule has 1 aliphatic heterocycles. The van der Waals surface area contributed by atoms with Crippen LogP contribution in [-0.4, -0.2) is 35.8 Å². The largest absolute Gasteiger partial charge is 0.491 e. The molecule has 0 spiro atoms. The molecule has 4 nitrogen and oxygen atoms in total. The third kappa shape index (κ3) is 6.58. The van der Waals surface area contributed by atoms with Crippen LogP contribution in [0, 0.1) is 13.8 Å². The van der Waals surface area contributed by atoms with Crippen molar-refractivity contribution in [3.8, 4) is 5.75 Å². The fourth-order valence-electron chi connectivity index (χ4n) is 6.11. The first-order chi connectivity index (χ1) is 17.4. The highest BCUT2D eigenvalue weighted by Gasteiger charge is 2.34. The molecule has 3 rings (SSSR count). The minimum Gasteiger partial charge on any atom is -0.491 e.